The van der Waals surface area contributed by atoms with Gasteiger partial charge >= 0.3 is 0 Å². The Labute approximate surface area is 178 Å². The van der Waals surface area contributed by atoms with Crippen molar-refractivity contribution >= 4 is 36.2 Å². The second-order valence-corrected chi connectivity index (χ2v) is 6.84. The van der Waals surface area contributed by atoms with Crippen molar-refractivity contribution in [1.29, 1.82) is 0 Å². The van der Waals surface area contributed by atoms with Gasteiger partial charge in [-0.1, -0.05) is 12.1 Å². The first-order valence-corrected chi connectivity index (χ1v) is 9.57. The van der Waals surface area contributed by atoms with Crippen LogP contribution in [0, 0.1) is 0 Å². The summed E-state index contributed by atoms with van der Waals surface area (Å²) in [5.74, 6) is 1.56. The van der Waals surface area contributed by atoms with Crippen LogP contribution in [0.25, 0.3) is 0 Å². The van der Waals surface area contributed by atoms with Crippen molar-refractivity contribution in [3.8, 4) is 11.5 Å². The van der Waals surface area contributed by atoms with Crippen molar-refractivity contribution in [2.45, 2.75) is 33.1 Å². The molecule has 1 atom stereocenters. The number of halogens is 2. The summed E-state index contributed by atoms with van der Waals surface area (Å²) in [5.41, 5.74) is 1.16. The summed E-state index contributed by atoms with van der Waals surface area (Å²) in [5, 5.41) is 17.8. The Morgan fingerprint density at radius 3 is 2.52 bits per heavy atom. The maximum Gasteiger partial charge on any atom is 0.161 e. The van der Waals surface area contributed by atoms with E-state index < -0.39 is 0 Å². The van der Waals surface area contributed by atoms with Gasteiger partial charge in [-0.2, -0.15) is 0 Å². The summed E-state index contributed by atoms with van der Waals surface area (Å²) in [7, 11) is 0. The molecule has 0 saturated carbocycles. The summed E-state index contributed by atoms with van der Waals surface area (Å²) < 4.78 is 11.6. The Morgan fingerprint density at radius 1 is 1.07 bits per heavy atom. The van der Waals surface area contributed by atoms with Crippen LogP contribution >= 0.6 is 36.2 Å². The molecule has 0 radical (unpaired) electrons. The summed E-state index contributed by atoms with van der Waals surface area (Å²) >= 11 is 1.69. The molecule has 1 unspecified atom stereocenters. The predicted molar refractivity (Wildman–Crippen MR) is 117 cm³/mol. The molecule has 2 aromatic rings. The van der Waals surface area contributed by atoms with Crippen molar-refractivity contribution < 1.29 is 14.6 Å². The number of hydrogen-bond donors (Lipinski definition) is 3. The van der Waals surface area contributed by atoms with Gasteiger partial charge in [-0.25, -0.2) is 0 Å². The Hall–Kier alpha value is -1.02. The smallest absolute Gasteiger partial charge is 0.161 e. The van der Waals surface area contributed by atoms with Crippen LogP contribution in [0.15, 0.2) is 35.7 Å². The Balaban J connectivity index is 0.00000338. The van der Waals surface area contributed by atoms with E-state index in [0.29, 0.717) is 19.8 Å². The third-order valence-corrected chi connectivity index (χ3v) is 4.36. The molecule has 0 fully saturated rings. The Bertz CT molecular complexity index is 613. The second kappa shape index (κ2) is 15.0. The number of nitrogens with one attached hydrogen (secondary N) is 2. The lowest BCUT2D eigenvalue weighted by Gasteiger charge is -2.13. The van der Waals surface area contributed by atoms with Crippen LogP contribution in [0.4, 0.5) is 0 Å². The molecule has 8 heteroatoms. The molecular weight excluding hydrogens is 407 g/mol. The highest BCUT2D eigenvalue weighted by atomic mass is 35.5. The van der Waals surface area contributed by atoms with Crippen molar-refractivity contribution in [1.82, 2.24) is 10.6 Å². The molecule has 154 valence electrons. The first kappa shape index (κ1) is 26.0. The van der Waals surface area contributed by atoms with E-state index >= 15 is 0 Å². The lowest BCUT2D eigenvalue weighted by atomic mass is 10.2. The fourth-order valence-corrected chi connectivity index (χ4v) is 2.93. The highest BCUT2D eigenvalue weighted by Crippen LogP contribution is 2.29. The maximum absolute atomic E-state index is 9.19. The van der Waals surface area contributed by atoms with Gasteiger partial charge < -0.3 is 25.2 Å². The summed E-state index contributed by atoms with van der Waals surface area (Å²) in [4.78, 5) is 1.19. The van der Waals surface area contributed by atoms with Gasteiger partial charge in [0.05, 0.1) is 12.7 Å². The molecular formula is C19H30Cl2N2O3S. The van der Waals surface area contributed by atoms with Crippen LogP contribution in [-0.4, -0.2) is 37.5 Å². The van der Waals surface area contributed by atoms with Gasteiger partial charge in [0.1, 0.15) is 6.61 Å². The van der Waals surface area contributed by atoms with Gasteiger partial charge in [-0.15, -0.1) is 36.2 Å². The van der Waals surface area contributed by atoms with Crippen LogP contribution in [-0.2, 0) is 13.2 Å². The number of ether oxygens (including phenoxy) is 2. The minimum atomic E-state index is -0.310. The minimum absolute atomic E-state index is 0. The van der Waals surface area contributed by atoms with Gasteiger partial charge in [-0.3, -0.25) is 0 Å². The second-order valence-electron chi connectivity index (χ2n) is 5.81. The summed E-state index contributed by atoms with van der Waals surface area (Å²) in [6, 6.07) is 10.2. The Morgan fingerprint density at radius 2 is 1.85 bits per heavy atom. The zero-order valence-electron chi connectivity index (χ0n) is 15.8. The van der Waals surface area contributed by atoms with E-state index in [-0.39, 0.29) is 30.9 Å². The molecule has 0 saturated heterocycles. The third kappa shape index (κ3) is 10.2. The molecule has 1 aromatic carbocycles. The zero-order chi connectivity index (χ0) is 17.9. The SMILES string of the molecule is CCOc1cc(CNCCNCC(C)O)ccc1OCc1cccs1.Cl.Cl. The summed E-state index contributed by atoms with van der Waals surface area (Å²) in [6.45, 7) is 7.96. The van der Waals surface area contributed by atoms with Crippen LogP contribution in [0.5, 0.6) is 11.5 Å². The molecule has 2 rings (SSSR count). The number of rotatable bonds is 12. The number of thiophene rings is 1. The fourth-order valence-electron chi connectivity index (χ4n) is 2.31. The lowest BCUT2D eigenvalue weighted by Crippen LogP contribution is -2.31. The van der Waals surface area contributed by atoms with Crippen molar-refractivity contribution in [2.24, 2.45) is 0 Å². The number of benzene rings is 1. The molecule has 1 heterocycles. The first-order chi connectivity index (χ1) is 12.2. The van der Waals surface area contributed by atoms with E-state index in [2.05, 4.69) is 22.8 Å². The first-order valence-electron chi connectivity index (χ1n) is 8.69. The standard InChI is InChI=1S/C19H28N2O3S.2ClH/c1-3-23-19-11-16(13-21-9-8-20-12-15(2)22)6-7-18(19)24-14-17-5-4-10-25-17;;/h4-7,10-11,15,20-22H,3,8-9,12-14H2,1-2H3;2*1H. The van der Waals surface area contributed by atoms with Gasteiger partial charge in [-0.05, 0) is 43.0 Å². The van der Waals surface area contributed by atoms with Crippen LogP contribution in [0.3, 0.4) is 0 Å². The molecule has 27 heavy (non-hydrogen) atoms. The predicted octanol–water partition coefficient (Wildman–Crippen LogP) is 3.63. The lowest BCUT2D eigenvalue weighted by molar-refractivity contribution is 0.191. The number of aliphatic hydroxyl groups is 1. The van der Waals surface area contributed by atoms with Crippen LogP contribution < -0.4 is 20.1 Å². The van der Waals surface area contributed by atoms with E-state index in [4.69, 9.17) is 9.47 Å². The zero-order valence-corrected chi connectivity index (χ0v) is 18.2. The van der Waals surface area contributed by atoms with Gasteiger partial charge in [0.2, 0.25) is 0 Å². The van der Waals surface area contributed by atoms with Crippen LogP contribution in [0.1, 0.15) is 24.3 Å². The molecule has 5 nitrogen and oxygen atoms in total. The van der Waals surface area contributed by atoms with Gasteiger partial charge in [0.15, 0.2) is 11.5 Å². The maximum atomic E-state index is 9.19. The van der Waals surface area contributed by atoms with Crippen LogP contribution in [0.2, 0.25) is 0 Å². The average molecular weight is 437 g/mol. The monoisotopic (exact) mass is 436 g/mol. The molecule has 0 amide bonds. The summed E-state index contributed by atoms with van der Waals surface area (Å²) in [6.07, 6.45) is -0.310. The molecule has 0 bridgehead atoms. The van der Waals surface area contributed by atoms with E-state index in [0.717, 1.165) is 36.7 Å². The third-order valence-electron chi connectivity index (χ3n) is 3.51. The van der Waals surface area contributed by atoms with E-state index in [1.54, 1.807) is 18.3 Å². The Kier molecular flexibility index (Phi) is 14.4. The normalized spacial score (nSPS) is 11.2. The van der Waals surface area contributed by atoms with Crippen molar-refractivity contribution in [3.63, 3.8) is 0 Å². The van der Waals surface area contributed by atoms with Crippen molar-refractivity contribution in [2.75, 3.05) is 26.2 Å². The molecule has 0 aliphatic heterocycles. The fraction of sp³-hybridized carbons (Fsp3) is 0.474. The molecule has 0 aliphatic carbocycles. The number of hydrogen-bond acceptors (Lipinski definition) is 6. The van der Waals surface area contributed by atoms with Crippen molar-refractivity contribution in [3.05, 3.63) is 46.2 Å². The molecule has 3 N–H and O–H groups in total. The highest BCUT2D eigenvalue weighted by molar-refractivity contribution is 7.09. The van der Waals surface area contributed by atoms with E-state index in [1.165, 1.54) is 4.88 Å². The van der Waals surface area contributed by atoms with E-state index in [9.17, 15) is 5.11 Å². The average Bonchev–Trinajstić information content (AvgIpc) is 3.11. The number of aliphatic hydroxyl groups excluding tert-OH is 1. The molecule has 1 aromatic heterocycles. The van der Waals surface area contributed by atoms with Gasteiger partial charge in [0, 0.05) is 31.1 Å². The molecule has 0 spiro atoms. The largest absolute Gasteiger partial charge is 0.490 e. The minimum Gasteiger partial charge on any atom is -0.490 e. The molecule has 0 aliphatic rings. The van der Waals surface area contributed by atoms with E-state index in [1.807, 2.05) is 30.5 Å². The quantitative estimate of drug-likeness (QED) is 0.443. The van der Waals surface area contributed by atoms with Gasteiger partial charge in [0.25, 0.3) is 0 Å². The highest BCUT2D eigenvalue weighted by Gasteiger charge is 2.07. The topological polar surface area (TPSA) is 62.8 Å².